The normalized spacial score (nSPS) is 13.0. The lowest BCUT2D eigenvalue weighted by molar-refractivity contribution is 0.0943. The zero-order valence-electron chi connectivity index (χ0n) is 10.5. The number of rotatable bonds is 5. The SMILES string of the molecule is CCS(=O)(=O)CC(C)NC(=O)c1cccc(N)c1. The number of nitrogens with one attached hydrogen (secondary N) is 1. The molecule has 1 aromatic carbocycles. The Morgan fingerprint density at radius 2 is 2.11 bits per heavy atom. The minimum Gasteiger partial charge on any atom is -0.399 e. The second kappa shape index (κ2) is 5.86. The number of amides is 1. The molecule has 100 valence electrons. The van der Waals surface area contributed by atoms with E-state index in [1.54, 1.807) is 38.1 Å². The number of nitrogens with two attached hydrogens (primary N) is 1. The zero-order chi connectivity index (χ0) is 13.8. The molecule has 0 aliphatic rings. The number of benzene rings is 1. The van der Waals surface area contributed by atoms with Gasteiger partial charge < -0.3 is 11.1 Å². The largest absolute Gasteiger partial charge is 0.399 e. The summed E-state index contributed by atoms with van der Waals surface area (Å²) in [5.74, 6) is -0.302. The molecule has 6 heteroatoms. The molecule has 1 aromatic rings. The van der Waals surface area contributed by atoms with Gasteiger partial charge >= 0.3 is 0 Å². The van der Waals surface area contributed by atoms with Crippen molar-refractivity contribution in [3.63, 3.8) is 0 Å². The van der Waals surface area contributed by atoms with Gasteiger partial charge in [0.05, 0.1) is 5.75 Å². The molecule has 18 heavy (non-hydrogen) atoms. The lowest BCUT2D eigenvalue weighted by Gasteiger charge is -2.13. The molecule has 1 atom stereocenters. The Balaban J connectivity index is 2.66. The summed E-state index contributed by atoms with van der Waals surface area (Å²) in [5.41, 5.74) is 6.50. The number of nitrogen functional groups attached to an aromatic ring is 1. The lowest BCUT2D eigenvalue weighted by Crippen LogP contribution is -2.37. The third-order valence-electron chi connectivity index (χ3n) is 2.47. The zero-order valence-corrected chi connectivity index (χ0v) is 11.3. The fourth-order valence-electron chi connectivity index (χ4n) is 1.53. The van der Waals surface area contributed by atoms with Crippen molar-refractivity contribution in [3.05, 3.63) is 29.8 Å². The molecule has 0 heterocycles. The van der Waals surface area contributed by atoms with Crippen molar-refractivity contribution in [2.24, 2.45) is 0 Å². The Bertz CT molecular complexity index is 526. The fourth-order valence-corrected chi connectivity index (χ4v) is 2.61. The summed E-state index contributed by atoms with van der Waals surface area (Å²) in [6.07, 6.45) is 0. The van der Waals surface area contributed by atoms with Gasteiger partial charge in [0, 0.05) is 23.0 Å². The Labute approximate surface area is 107 Å². The van der Waals surface area contributed by atoms with Gasteiger partial charge in [-0.3, -0.25) is 4.79 Å². The van der Waals surface area contributed by atoms with E-state index in [0.717, 1.165) is 0 Å². The molecule has 0 saturated heterocycles. The van der Waals surface area contributed by atoms with Crippen LogP contribution in [0, 0.1) is 0 Å². The Morgan fingerprint density at radius 1 is 1.44 bits per heavy atom. The standard InChI is InChI=1S/C12H18N2O3S/c1-3-18(16,17)8-9(2)14-12(15)10-5-4-6-11(13)7-10/h4-7,9H,3,8,13H2,1-2H3,(H,14,15). The molecule has 0 aromatic heterocycles. The van der Waals surface area contributed by atoms with Crippen LogP contribution >= 0.6 is 0 Å². The number of carbonyl (C=O) groups excluding carboxylic acids is 1. The number of carbonyl (C=O) groups is 1. The maximum absolute atomic E-state index is 11.8. The lowest BCUT2D eigenvalue weighted by atomic mass is 10.2. The molecule has 0 aliphatic heterocycles. The Kier molecular flexibility index (Phi) is 4.72. The summed E-state index contributed by atoms with van der Waals surface area (Å²) in [5, 5.41) is 2.64. The maximum Gasteiger partial charge on any atom is 0.251 e. The highest BCUT2D eigenvalue weighted by molar-refractivity contribution is 7.91. The van der Waals surface area contributed by atoms with E-state index in [1.807, 2.05) is 0 Å². The van der Waals surface area contributed by atoms with Crippen molar-refractivity contribution < 1.29 is 13.2 Å². The molecule has 5 nitrogen and oxygen atoms in total. The van der Waals surface area contributed by atoms with Crippen LogP contribution < -0.4 is 11.1 Å². The molecule has 0 aliphatic carbocycles. The molecule has 0 spiro atoms. The van der Waals surface area contributed by atoms with Crippen LogP contribution in [0.4, 0.5) is 5.69 Å². The second-order valence-electron chi connectivity index (χ2n) is 4.20. The predicted octanol–water partition coefficient (Wildman–Crippen LogP) is 0.822. The molecule has 3 N–H and O–H groups in total. The molecular weight excluding hydrogens is 252 g/mol. The number of anilines is 1. The quantitative estimate of drug-likeness (QED) is 0.775. The molecule has 1 amide bonds. The predicted molar refractivity (Wildman–Crippen MR) is 72.1 cm³/mol. The summed E-state index contributed by atoms with van der Waals surface area (Å²) in [6, 6.07) is 6.12. The Morgan fingerprint density at radius 3 is 2.67 bits per heavy atom. The number of hydrogen-bond donors (Lipinski definition) is 2. The first-order chi connectivity index (χ1) is 8.34. The van der Waals surface area contributed by atoms with Gasteiger partial charge in [-0.25, -0.2) is 8.42 Å². The van der Waals surface area contributed by atoms with Gasteiger partial charge in [0.2, 0.25) is 0 Å². The van der Waals surface area contributed by atoms with Crippen molar-refractivity contribution in [2.45, 2.75) is 19.9 Å². The van der Waals surface area contributed by atoms with Crippen LogP contribution in [-0.4, -0.2) is 31.9 Å². The van der Waals surface area contributed by atoms with E-state index >= 15 is 0 Å². The summed E-state index contributed by atoms with van der Waals surface area (Å²) < 4.78 is 22.8. The average molecular weight is 270 g/mol. The average Bonchev–Trinajstić information content (AvgIpc) is 2.28. The van der Waals surface area contributed by atoms with Crippen molar-refractivity contribution in [3.8, 4) is 0 Å². The highest BCUT2D eigenvalue weighted by Gasteiger charge is 2.16. The molecule has 0 radical (unpaired) electrons. The van der Waals surface area contributed by atoms with Gasteiger partial charge in [0.1, 0.15) is 0 Å². The van der Waals surface area contributed by atoms with Gasteiger partial charge in [-0.05, 0) is 25.1 Å². The van der Waals surface area contributed by atoms with Gasteiger partial charge in [0.25, 0.3) is 5.91 Å². The van der Waals surface area contributed by atoms with Crippen LogP contribution in [0.15, 0.2) is 24.3 Å². The van der Waals surface area contributed by atoms with Gasteiger partial charge in [-0.1, -0.05) is 13.0 Å². The summed E-state index contributed by atoms with van der Waals surface area (Å²) in [6.45, 7) is 3.25. The van der Waals surface area contributed by atoms with Crippen molar-refractivity contribution in [2.75, 3.05) is 17.2 Å². The maximum atomic E-state index is 11.8. The first-order valence-corrected chi connectivity index (χ1v) is 7.53. The van der Waals surface area contributed by atoms with E-state index in [9.17, 15) is 13.2 Å². The highest BCUT2D eigenvalue weighted by Crippen LogP contribution is 2.06. The van der Waals surface area contributed by atoms with Crippen LogP contribution in [-0.2, 0) is 9.84 Å². The van der Waals surface area contributed by atoms with E-state index < -0.39 is 15.9 Å². The van der Waals surface area contributed by atoms with E-state index in [4.69, 9.17) is 5.73 Å². The van der Waals surface area contributed by atoms with Gasteiger partial charge in [-0.2, -0.15) is 0 Å². The fraction of sp³-hybridized carbons (Fsp3) is 0.417. The van der Waals surface area contributed by atoms with Crippen LogP contribution in [0.2, 0.25) is 0 Å². The molecular formula is C12H18N2O3S. The highest BCUT2D eigenvalue weighted by atomic mass is 32.2. The minimum absolute atomic E-state index is 0.0580. The summed E-state index contributed by atoms with van der Waals surface area (Å²) >= 11 is 0. The minimum atomic E-state index is -3.09. The molecule has 0 bridgehead atoms. The van der Waals surface area contributed by atoms with Gasteiger partial charge in [0.15, 0.2) is 9.84 Å². The molecule has 0 fully saturated rings. The first kappa shape index (κ1) is 14.5. The summed E-state index contributed by atoms with van der Waals surface area (Å²) in [4.78, 5) is 11.8. The summed E-state index contributed by atoms with van der Waals surface area (Å²) in [7, 11) is -3.09. The van der Waals surface area contributed by atoms with Crippen molar-refractivity contribution in [1.82, 2.24) is 5.32 Å². The third-order valence-corrected chi connectivity index (χ3v) is 4.36. The van der Waals surface area contributed by atoms with E-state index in [0.29, 0.717) is 11.3 Å². The third kappa shape index (κ3) is 4.37. The van der Waals surface area contributed by atoms with Crippen LogP contribution in [0.3, 0.4) is 0 Å². The Hall–Kier alpha value is -1.56. The van der Waals surface area contributed by atoms with E-state index in [2.05, 4.69) is 5.32 Å². The van der Waals surface area contributed by atoms with Gasteiger partial charge in [-0.15, -0.1) is 0 Å². The van der Waals surface area contributed by atoms with Crippen molar-refractivity contribution in [1.29, 1.82) is 0 Å². The van der Waals surface area contributed by atoms with Crippen LogP contribution in [0.25, 0.3) is 0 Å². The smallest absolute Gasteiger partial charge is 0.251 e. The first-order valence-electron chi connectivity index (χ1n) is 5.71. The van der Waals surface area contributed by atoms with Crippen LogP contribution in [0.1, 0.15) is 24.2 Å². The van der Waals surface area contributed by atoms with E-state index in [1.165, 1.54) is 0 Å². The molecule has 0 saturated carbocycles. The second-order valence-corrected chi connectivity index (χ2v) is 6.60. The molecule has 1 rings (SSSR count). The topological polar surface area (TPSA) is 89.3 Å². The number of sulfone groups is 1. The van der Waals surface area contributed by atoms with Crippen LogP contribution in [0.5, 0.6) is 0 Å². The molecule has 1 unspecified atom stereocenters. The van der Waals surface area contributed by atoms with E-state index in [-0.39, 0.29) is 17.4 Å². The monoisotopic (exact) mass is 270 g/mol. The number of hydrogen-bond acceptors (Lipinski definition) is 4. The van der Waals surface area contributed by atoms with Crippen molar-refractivity contribution >= 4 is 21.4 Å².